The van der Waals surface area contributed by atoms with E-state index in [2.05, 4.69) is 24.4 Å². The third-order valence-electron chi connectivity index (χ3n) is 3.40. The molecule has 0 aliphatic rings. The Kier molecular flexibility index (Phi) is 4.40. The summed E-state index contributed by atoms with van der Waals surface area (Å²) in [6, 6.07) is 10.2. The highest BCUT2D eigenvalue weighted by atomic mass is 19.1. The van der Waals surface area contributed by atoms with Gasteiger partial charge in [0.25, 0.3) is 0 Å². The number of rotatable bonds is 4. The molecular formula is C17H20FNO. The lowest BCUT2D eigenvalue weighted by molar-refractivity contribution is 0.191. The lowest BCUT2D eigenvalue weighted by atomic mass is 10.0. The Bertz CT molecular complexity index is 569. The number of hydrogen-bond donors (Lipinski definition) is 2. The minimum Gasteiger partial charge on any atom is -0.387 e. The predicted octanol–water partition coefficient (Wildman–Crippen LogP) is 3.90. The Morgan fingerprint density at radius 3 is 2.15 bits per heavy atom. The summed E-state index contributed by atoms with van der Waals surface area (Å²) < 4.78 is 12.8. The summed E-state index contributed by atoms with van der Waals surface area (Å²) in [5.74, 6) is -0.292. The highest BCUT2D eigenvalue weighted by molar-refractivity contribution is 5.58. The molecule has 0 bridgehead atoms. The maximum atomic E-state index is 12.8. The van der Waals surface area contributed by atoms with Crippen molar-refractivity contribution in [3.05, 3.63) is 64.5 Å². The summed E-state index contributed by atoms with van der Waals surface area (Å²) in [4.78, 5) is 0. The molecule has 0 spiro atoms. The molecule has 106 valence electrons. The fourth-order valence-electron chi connectivity index (χ4n) is 2.46. The molecule has 0 aliphatic heterocycles. The average Bonchev–Trinajstić information content (AvgIpc) is 2.38. The van der Waals surface area contributed by atoms with Crippen LogP contribution in [-0.2, 0) is 0 Å². The molecular weight excluding hydrogens is 253 g/mol. The molecule has 0 amide bonds. The SMILES string of the molecule is Cc1cc(C)c(NCC(O)c2ccc(F)cc2)c(C)c1. The number of anilines is 1. The molecule has 0 saturated carbocycles. The summed E-state index contributed by atoms with van der Waals surface area (Å²) in [6.07, 6.45) is -0.657. The molecule has 1 unspecified atom stereocenters. The van der Waals surface area contributed by atoms with Crippen molar-refractivity contribution in [1.82, 2.24) is 0 Å². The number of aliphatic hydroxyl groups is 1. The van der Waals surface area contributed by atoms with Gasteiger partial charge in [-0.2, -0.15) is 0 Å². The second kappa shape index (κ2) is 6.06. The van der Waals surface area contributed by atoms with Crippen LogP contribution in [0.25, 0.3) is 0 Å². The lowest BCUT2D eigenvalue weighted by Gasteiger charge is -2.17. The number of aliphatic hydroxyl groups excluding tert-OH is 1. The Morgan fingerprint density at radius 2 is 1.60 bits per heavy atom. The third-order valence-corrected chi connectivity index (χ3v) is 3.40. The highest BCUT2D eigenvalue weighted by Crippen LogP contribution is 2.23. The number of hydrogen-bond acceptors (Lipinski definition) is 2. The van der Waals surface area contributed by atoms with Gasteiger partial charge in [0.1, 0.15) is 5.82 Å². The quantitative estimate of drug-likeness (QED) is 0.885. The minimum absolute atomic E-state index is 0.292. The number of benzene rings is 2. The largest absolute Gasteiger partial charge is 0.387 e. The highest BCUT2D eigenvalue weighted by Gasteiger charge is 2.09. The molecule has 0 saturated heterocycles. The van der Waals surface area contributed by atoms with Crippen molar-refractivity contribution in [2.45, 2.75) is 26.9 Å². The Balaban J connectivity index is 2.07. The average molecular weight is 273 g/mol. The second-order valence-corrected chi connectivity index (χ2v) is 5.22. The van der Waals surface area contributed by atoms with Gasteiger partial charge in [0.2, 0.25) is 0 Å². The van der Waals surface area contributed by atoms with E-state index in [0.29, 0.717) is 12.1 Å². The normalized spacial score (nSPS) is 12.2. The maximum Gasteiger partial charge on any atom is 0.123 e. The molecule has 20 heavy (non-hydrogen) atoms. The van der Waals surface area contributed by atoms with Gasteiger partial charge in [0.05, 0.1) is 6.10 Å². The lowest BCUT2D eigenvalue weighted by Crippen LogP contribution is -2.13. The van der Waals surface area contributed by atoms with Crippen molar-refractivity contribution in [3.63, 3.8) is 0 Å². The van der Waals surface area contributed by atoms with Crippen LogP contribution < -0.4 is 5.32 Å². The first kappa shape index (κ1) is 14.5. The van der Waals surface area contributed by atoms with Crippen LogP contribution in [0.4, 0.5) is 10.1 Å². The first-order valence-corrected chi connectivity index (χ1v) is 6.72. The fourth-order valence-corrected chi connectivity index (χ4v) is 2.46. The molecule has 1 atom stereocenters. The van der Waals surface area contributed by atoms with E-state index in [0.717, 1.165) is 16.8 Å². The summed E-state index contributed by atoms with van der Waals surface area (Å²) in [5, 5.41) is 13.4. The van der Waals surface area contributed by atoms with Gasteiger partial charge in [-0.3, -0.25) is 0 Å². The molecule has 3 heteroatoms. The maximum absolute atomic E-state index is 12.8. The zero-order chi connectivity index (χ0) is 14.7. The van der Waals surface area contributed by atoms with Gasteiger partial charge in [-0.15, -0.1) is 0 Å². The zero-order valence-corrected chi connectivity index (χ0v) is 12.1. The van der Waals surface area contributed by atoms with E-state index in [9.17, 15) is 9.50 Å². The van der Waals surface area contributed by atoms with E-state index in [4.69, 9.17) is 0 Å². The Morgan fingerprint density at radius 1 is 1.05 bits per heavy atom. The van der Waals surface area contributed by atoms with Crippen LogP contribution in [0.1, 0.15) is 28.4 Å². The first-order valence-electron chi connectivity index (χ1n) is 6.72. The minimum atomic E-state index is -0.657. The van der Waals surface area contributed by atoms with Crippen LogP contribution in [0.5, 0.6) is 0 Å². The van der Waals surface area contributed by atoms with Crippen molar-refractivity contribution in [1.29, 1.82) is 0 Å². The van der Waals surface area contributed by atoms with Gasteiger partial charge in [0.15, 0.2) is 0 Å². The molecule has 0 heterocycles. The van der Waals surface area contributed by atoms with Crippen LogP contribution in [0, 0.1) is 26.6 Å². The molecule has 2 rings (SSSR count). The summed E-state index contributed by atoms with van der Waals surface area (Å²) >= 11 is 0. The van der Waals surface area contributed by atoms with Gasteiger partial charge < -0.3 is 10.4 Å². The van der Waals surface area contributed by atoms with Crippen LogP contribution in [0.15, 0.2) is 36.4 Å². The molecule has 0 aliphatic carbocycles. The van der Waals surface area contributed by atoms with E-state index in [1.165, 1.54) is 17.7 Å². The first-order chi connectivity index (χ1) is 9.47. The van der Waals surface area contributed by atoms with Crippen LogP contribution >= 0.6 is 0 Å². The smallest absolute Gasteiger partial charge is 0.123 e. The summed E-state index contributed by atoms with van der Waals surface area (Å²) in [5.41, 5.74) is 5.31. The van der Waals surface area contributed by atoms with Crippen LogP contribution in [0.3, 0.4) is 0 Å². The van der Waals surface area contributed by atoms with Gasteiger partial charge in [-0.25, -0.2) is 4.39 Å². The van der Waals surface area contributed by atoms with E-state index < -0.39 is 6.10 Å². The van der Waals surface area contributed by atoms with E-state index >= 15 is 0 Å². The van der Waals surface area contributed by atoms with Crippen molar-refractivity contribution >= 4 is 5.69 Å². The van der Waals surface area contributed by atoms with Gasteiger partial charge in [0, 0.05) is 12.2 Å². The van der Waals surface area contributed by atoms with Crippen LogP contribution in [-0.4, -0.2) is 11.7 Å². The predicted molar refractivity (Wildman–Crippen MR) is 80.5 cm³/mol. The molecule has 2 N–H and O–H groups in total. The zero-order valence-electron chi connectivity index (χ0n) is 12.1. The number of nitrogens with one attached hydrogen (secondary N) is 1. The van der Waals surface area contributed by atoms with E-state index in [1.807, 2.05) is 13.8 Å². The fraction of sp³-hybridized carbons (Fsp3) is 0.294. The number of aryl methyl sites for hydroxylation is 3. The summed E-state index contributed by atoms with van der Waals surface area (Å²) in [6.45, 7) is 6.56. The summed E-state index contributed by atoms with van der Waals surface area (Å²) in [7, 11) is 0. The second-order valence-electron chi connectivity index (χ2n) is 5.22. The Labute approximate surface area is 119 Å². The third kappa shape index (κ3) is 3.36. The van der Waals surface area contributed by atoms with Gasteiger partial charge >= 0.3 is 0 Å². The molecule has 2 aromatic carbocycles. The van der Waals surface area contributed by atoms with E-state index in [1.54, 1.807) is 12.1 Å². The Hall–Kier alpha value is -1.87. The van der Waals surface area contributed by atoms with Crippen molar-refractivity contribution in [3.8, 4) is 0 Å². The van der Waals surface area contributed by atoms with Gasteiger partial charge in [-0.1, -0.05) is 29.8 Å². The molecule has 0 radical (unpaired) electrons. The molecule has 2 nitrogen and oxygen atoms in total. The van der Waals surface area contributed by atoms with E-state index in [-0.39, 0.29) is 5.82 Å². The number of halogens is 1. The van der Waals surface area contributed by atoms with Crippen molar-refractivity contribution in [2.75, 3.05) is 11.9 Å². The van der Waals surface area contributed by atoms with Gasteiger partial charge in [-0.05, 0) is 49.6 Å². The standard InChI is InChI=1S/C17H20FNO/c1-11-8-12(2)17(13(3)9-11)19-10-16(20)14-4-6-15(18)7-5-14/h4-9,16,19-20H,10H2,1-3H3. The van der Waals surface area contributed by atoms with Crippen molar-refractivity contribution in [2.24, 2.45) is 0 Å². The topological polar surface area (TPSA) is 32.3 Å². The van der Waals surface area contributed by atoms with Crippen LogP contribution in [0.2, 0.25) is 0 Å². The monoisotopic (exact) mass is 273 g/mol. The van der Waals surface area contributed by atoms with Crippen molar-refractivity contribution < 1.29 is 9.50 Å². The molecule has 2 aromatic rings. The molecule has 0 aromatic heterocycles. The molecule has 0 fully saturated rings.